The van der Waals surface area contributed by atoms with Crippen LogP contribution in [0.25, 0.3) is 0 Å². The molecular formula is C5H10N4O3. The summed E-state index contributed by atoms with van der Waals surface area (Å²) in [5.41, 5.74) is 4.93. The van der Waals surface area contributed by atoms with Gasteiger partial charge in [-0.15, -0.1) is 0 Å². The minimum absolute atomic E-state index is 0.0634. The summed E-state index contributed by atoms with van der Waals surface area (Å²) in [5, 5.41) is 11.5. The van der Waals surface area contributed by atoms with Crippen LogP contribution in [0.5, 0.6) is 0 Å². The van der Waals surface area contributed by atoms with Crippen LogP contribution in [0.3, 0.4) is 0 Å². The van der Waals surface area contributed by atoms with E-state index in [0.29, 0.717) is 0 Å². The molecule has 0 aromatic rings. The molecule has 4 N–H and O–H groups in total. The van der Waals surface area contributed by atoms with Crippen LogP contribution >= 0.6 is 0 Å². The van der Waals surface area contributed by atoms with Crippen LogP contribution in [0, 0.1) is 10.3 Å². The van der Waals surface area contributed by atoms with Gasteiger partial charge in [0.05, 0.1) is 6.54 Å². The summed E-state index contributed by atoms with van der Waals surface area (Å²) in [5.74, 6) is -0.880. The summed E-state index contributed by atoms with van der Waals surface area (Å²) in [4.78, 5) is 20.0. The van der Waals surface area contributed by atoms with Crippen molar-refractivity contribution in [2.75, 3.05) is 19.7 Å². The summed E-state index contributed by atoms with van der Waals surface area (Å²) < 4.78 is 4.49. The molecule has 0 rings (SSSR count). The Hall–Kier alpha value is -1.66. The third-order valence-corrected chi connectivity index (χ3v) is 0.874. The number of carbonyl (C=O) groups is 1. The van der Waals surface area contributed by atoms with Gasteiger partial charge in [0.2, 0.25) is 0 Å². The molecule has 0 aliphatic carbocycles. The van der Waals surface area contributed by atoms with Gasteiger partial charge in [0.15, 0.2) is 12.5 Å². The summed E-state index contributed by atoms with van der Waals surface area (Å²) in [7, 11) is 0. The molecule has 0 aromatic carbocycles. The van der Waals surface area contributed by atoms with Crippen molar-refractivity contribution in [2.45, 2.75) is 0 Å². The summed E-state index contributed by atoms with van der Waals surface area (Å²) in [6.45, 7) is -0.173. The molecular weight excluding hydrogens is 164 g/mol. The maximum absolute atomic E-state index is 10.5. The number of nitrogens with zero attached hydrogens (tertiary/aromatic N) is 1. The van der Waals surface area contributed by atoms with Gasteiger partial charge in [-0.3, -0.25) is 5.41 Å². The van der Waals surface area contributed by atoms with E-state index in [2.05, 4.69) is 15.2 Å². The maximum Gasteiger partial charge on any atom is 0.331 e. The van der Waals surface area contributed by atoms with Crippen molar-refractivity contribution in [1.82, 2.24) is 5.32 Å². The second kappa shape index (κ2) is 6.08. The average molecular weight is 174 g/mol. The Morgan fingerprint density at radius 3 is 2.83 bits per heavy atom. The van der Waals surface area contributed by atoms with E-state index < -0.39 is 12.5 Å². The third kappa shape index (κ3) is 6.46. The molecule has 0 aliphatic rings. The number of carbonyl (C=O) groups excluding carboxylic acids is 1. The average Bonchev–Trinajstić information content (AvgIpc) is 1.98. The fraction of sp³-hybridized carbons (Fsp3) is 0.600. The van der Waals surface area contributed by atoms with Gasteiger partial charge in [-0.2, -0.15) is 4.91 Å². The van der Waals surface area contributed by atoms with Gasteiger partial charge < -0.3 is 15.8 Å². The van der Waals surface area contributed by atoms with Crippen molar-refractivity contribution in [1.29, 1.82) is 5.41 Å². The van der Waals surface area contributed by atoms with Gasteiger partial charge in [0.25, 0.3) is 0 Å². The number of nitrogens with one attached hydrogen (secondary N) is 2. The second-order valence-electron chi connectivity index (χ2n) is 1.85. The fourth-order valence-corrected chi connectivity index (χ4v) is 0.449. The number of ether oxygens (including phenoxy) is 1. The minimum atomic E-state index is -0.685. The lowest BCUT2D eigenvalue weighted by atomic mass is 10.6. The van der Waals surface area contributed by atoms with Crippen LogP contribution in [-0.4, -0.2) is 31.6 Å². The molecule has 0 radical (unpaired) electrons. The lowest BCUT2D eigenvalue weighted by Gasteiger charge is -2.03. The molecule has 0 aromatic heterocycles. The maximum atomic E-state index is 10.5. The highest BCUT2D eigenvalue weighted by molar-refractivity contribution is 5.74. The number of hydrogen-bond acceptors (Lipinski definition) is 5. The Bertz CT molecular complexity index is 182. The number of nitrogens with two attached hydrogens (primary N) is 1. The van der Waals surface area contributed by atoms with E-state index in [0.717, 1.165) is 0 Å². The van der Waals surface area contributed by atoms with Crippen molar-refractivity contribution in [3.63, 3.8) is 0 Å². The van der Waals surface area contributed by atoms with Crippen LogP contribution < -0.4 is 11.1 Å². The Balaban J connectivity index is 3.25. The third-order valence-electron chi connectivity index (χ3n) is 0.874. The van der Waals surface area contributed by atoms with Gasteiger partial charge in [0.1, 0.15) is 6.61 Å². The van der Waals surface area contributed by atoms with Gasteiger partial charge in [-0.05, 0) is 0 Å². The number of hydrogen-bond donors (Lipinski definition) is 3. The first-order chi connectivity index (χ1) is 5.66. The first-order valence-electron chi connectivity index (χ1n) is 3.19. The largest absolute Gasteiger partial charge is 0.462 e. The summed E-state index contributed by atoms with van der Waals surface area (Å²) >= 11 is 0. The van der Waals surface area contributed by atoms with Gasteiger partial charge in [0, 0.05) is 0 Å². The Morgan fingerprint density at radius 2 is 2.33 bits per heavy atom. The fourth-order valence-electron chi connectivity index (χ4n) is 0.449. The molecule has 0 bridgehead atoms. The Morgan fingerprint density at radius 1 is 1.67 bits per heavy atom. The van der Waals surface area contributed by atoms with Crippen molar-refractivity contribution >= 4 is 11.9 Å². The van der Waals surface area contributed by atoms with Crippen LogP contribution in [-0.2, 0) is 9.53 Å². The van der Waals surface area contributed by atoms with Crippen LogP contribution in [0.15, 0.2) is 5.18 Å². The van der Waals surface area contributed by atoms with Crippen LogP contribution in [0.4, 0.5) is 0 Å². The van der Waals surface area contributed by atoms with E-state index in [1.807, 2.05) is 0 Å². The predicted octanol–water partition coefficient (Wildman–Crippen LogP) is -1.22. The predicted molar refractivity (Wildman–Crippen MR) is 41.5 cm³/mol. The van der Waals surface area contributed by atoms with Crippen molar-refractivity contribution in [3.8, 4) is 0 Å². The molecule has 0 heterocycles. The molecule has 0 amide bonds. The standard InChI is InChI=1S/C5H10N4O3/c6-5(7)8-1-2-12-4(10)3-9-11/h1-3H2,(H4,6,7,8). The zero-order valence-corrected chi connectivity index (χ0v) is 6.37. The summed E-state index contributed by atoms with van der Waals surface area (Å²) in [6.07, 6.45) is 0. The summed E-state index contributed by atoms with van der Waals surface area (Å²) in [6, 6.07) is 0. The number of nitroso groups, excluding NO2 is 1. The smallest absolute Gasteiger partial charge is 0.331 e. The van der Waals surface area contributed by atoms with Gasteiger partial charge in [-0.25, -0.2) is 4.79 Å². The van der Waals surface area contributed by atoms with E-state index in [1.54, 1.807) is 0 Å². The van der Waals surface area contributed by atoms with E-state index in [9.17, 15) is 9.70 Å². The highest BCUT2D eigenvalue weighted by Crippen LogP contribution is 1.78. The topological polar surface area (TPSA) is 118 Å². The molecule has 7 heteroatoms. The molecule has 0 saturated heterocycles. The number of rotatable bonds is 5. The van der Waals surface area contributed by atoms with Crippen molar-refractivity contribution in [2.24, 2.45) is 10.9 Å². The second-order valence-corrected chi connectivity index (χ2v) is 1.85. The first-order valence-corrected chi connectivity index (χ1v) is 3.19. The highest BCUT2D eigenvalue weighted by Gasteiger charge is 2.00. The molecule has 0 aliphatic heterocycles. The van der Waals surface area contributed by atoms with Crippen LogP contribution in [0.2, 0.25) is 0 Å². The van der Waals surface area contributed by atoms with Gasteiger partial charge >= 0.3 is 5.97 Å². The number of esters is 1. The van der Waals surface area contributed by atoms with Crippen LogP contribution in [0.1, 0.15) is 0 Å². The monoisotopic (exact) mass is 174 g/mol. The quantitative estimate of drug-likeness (QED) is 0.159. The molecule has 68 valence electrons. The molecule has 12 heavy (non-hydrogen) atoms. The zero-order chi connectivity index (χ0) is 9.40. The molecule has 0 saturated carbocycles. The lowest BCUT2D eigenvalue weighted by Crippen LogP contribution is -2.33. The normalized spacial score (nSPS) is 8.67. The van der Waals surface area contributed by atoms with E-state index in [4.69, 9.17) is 11.1 Å². The van der Waals surface area contributed by atoms with Crippen molar-refractivity contribution < 1.29 is 9.53 Å². The van der Waals surface area contributed by atoms with E-state index in [1.165, 1.54) is 0 Å². The zero-order valence-electron chi connectivity index (χ0n) is 6.37. The lowest BCUT2D eigenvalue weighted by molar-refractivity contribution is -0.141. The van der Waals surface area contributed by atoms with Crippen molar-refractivity contribution in [3.05, 3.63) is 4.91 Å². The van der Waals surface area contributed by atoms with E-state index in [-0.39, 0.29) is 19.1 Å². The Kier molecular flexibility index (Phi) is 5.24. The Labute approximate surface area is 68.7 Å². The minimum Gasteiger partial charge on any atom is -0.462 e. The van der Waals surface area contributed by atoms with Gasteiger partial charge in [-0.1, -0.05) is 5.18 Å². The highest BCUT2D eigenvalue weighted by atomic mass is 16.5. The molecule has 0 fully saturated rings. The number of guanidine groups is 1. The molecule has 7 nitrogen and oxygen atoms in total. The SMILES string of the molecule is N=C(N)NCCOC(=O)CN=O. The molecule has 0 spiro atoms. The first kappa shape index (κ1) is 10.3. The molecule has 0 unspecified atom stereocenters. The van der Waals surface area contributed by atoms with E-state index >= 15 is 0 Å². The molecule has 0 atom stereocenters.